The Labute approximate surface area is 106 Å². The second-order valence-electron chi connectivity index (χ2n) is 3.74. The Morgan fingerprint density at radius 3 is 2.33 bits per heavy atom. The Morgan fingerprint density at radius 1 is 1.39 bits per heavy atom. The lowest BCUT2D eigenvalue weighted by Gasteiger charge is -2.07. The molecule has 0 heterocycles. The van der Waals surface area contributed by atoms with Gasteiger partial charge in [-0.25, -0.2) is 4.99 Å². The number of carbonyl (C=O) groups is 1. The van der Waals surface area contributed by atoms with Gasteiger partial charge in [-0.05, 0) is 26.1 Å². The lowest BCUT2D eigenvalue weighted by molar-refractivity contribution is -0.114. The van der Waals surface area contributed by atoms with Gasteiger partial charge in [-0.1, -0.05) is 6.58 Å². The average Bonchev–Trinajstić information content (AvgIpc) is 2.14. The molecule has 0 spiro atoms. The van der Waals surface area contributed by atoms with Crippen LogP contribution in [-0.2, 0) is 4.79 Å². The minimum Gasteiger partial charge on any atom is -0.404 e. The van der Waals surface area contributed by atoms with Crippen LogP contribution in [0.1, 0.15) is 20.3 Å². The molecule has 98 valence electrons. The summed E-state index contributed by atoms with van der Waals surface area (Å²) in [6, 6.07) is 0. The number of carbonyl (C=O) groups excluding carboxylic acids is 1. The molecule has 0 aliphatic heterocycles. The predicted octanol–water partition coefficient (Wildman–Crippen LogP) is 0.561. The molecule has 0 aromatic rings. The van der Waals surface area contributed by atoms with Gasteiger partial charge in [0.25, 0.3) is 0 Å². The van der Waals surface area contributed by atoms with Crippen molar-refractivity contribution in [2.75, 3.05) is 0 Å². The van der Waals surface area contributed by atoms with Gasteiger partial charge in [0.15, 0.2) is 5.78 Å². The summed E-state index contributed by atoms with van der Waals surface area (Å²) in [6.45, 7) is 6.69. The van der Waals surface area contributed by atoms with Crippen LogP contribution in [0.15, 0.2) is 40.8 Å². The second-order valence-corrected chi connectivity index (χ2v) is 3.74. The van der Waals surface area contributed by atoms with Gasteiger partial charge in [0, 0.05) is 17.1 Å². The molecule has 0 aromatic heterocycles. The van der Waals surface area contributed by atoms with Gasteiger partial charge in [0.05, 0.1) is 12.0 Å². The molecule has 6 heteroatoms. The molecule has 0 fully saturated rings. The van der Waals surface area contributed by atoms with Gasteiger partial charge in [0.1, 0.15) is 5.84 Å². The van der Waals surface area contributed by atoms with Crippen LogP contribution in [0.4, 0.5) is 0 Å². The fraction of sp³-hybridized carbons (Fsp3) is 0.250. The molecule has 18 heavy (non-hydrogen) atoms. The van der Waals surface area contributed by atoms with E-state index in [4.69, 9.17) is 22.6 Å². The third-order valence-corrected chi connectivity index (χ3v) is 1.97. The molecule has 0 bridgehead atoms. The van der Waals surface area contributed by atoms with Crippen molar-refractivity contribution in [2.24, 2.45) is 22.2 Å². The molecular formula is C12H19N5O. The van der Waals surface area contributed by atoms with Crippen molar-refractivity contribution in [3.63, 3.8) is 0 Å². The van der Waals surface area contributed by atoms with Crippen LogP contribution in [0.25, 0.3) is 0 Å². The Morgan fingerprint density at radius 2 is 1.94 bits per heavy atom. The molecule has 0 rings (SSSR count). The molecule has 6 nitrogen and oxygen atoms in total. The molecule has 0 saturated carbocycles. The monoisotopic (exact) mass is 249 g/mol. The third-order valence-electron chi connectivity index (χ3n) is 1.97. The van der Waals surface area contributed by atoms with E-state index in [2.05, 4.69) is 11.6 Å². The molecule has 0 aliphatic rings. The van der Waals surface area contributed by atoms with Crippen molar-refractivity contribution in [1.29, 1.82) is 5.41 Å². The number of amidine groups is 1. The largest absolute Gasteiger partial charge is 0.404 e. The summed E-state index contributed by atoms with van der Waals surface area (Å²) >= 11 is 0. The second kappa shape index (κ2) is 7.05. The zero-order chi connectivity index (χ0) is 14.3. The van der Waals surface area contributed by atoms with Crippen LogP contribution in [0.5, 0.6) is 0 Å². The minimum absolute atomic E-state index is 0.0425. The number of allylic oxidation sites excluding steroid dienone is 3. The highest BCUT2D eigenvalue weighted by molar-refractivity contribution is 6.21. The van der Waals surface area contributed by atoms with Crippen molar-refractivity contribution >= 4 is 17.3 Å². The standard InChI is InChI=1S/C12H19N5O/c1-7(17-11(16)4-5-13)6-10(18)12(8(2)14)9(3)15/h4-5,14H,1,6,13,15H2,2-3H3,(H2,16,17)/b5-4-,12-9?,14-8?. The lowest BCUT2D eigenvalue weighted by Crippen LogP contribution is -2.16. The summed E-state index contributed by atoms with van der Waals surface area (Å²) < 4.78 is 0. The van der Waals surface area contributed by atoms with Crippen molar-refractivity contribution in [2.45, 2.75) is 20.3 Å². The third kappa shape index (κ3) is 5.11. The first kappa shape index (κ1) is 15.6. The Kier molecular flexibility index (Phi) is 6.12. The SMILES string of the molecule is C=C(CC(=O)C(C(C)=N)=C(C)N)N=C(N)/C=C\N. The van der Waals surface area contributed by atoms with Crippen LogP contribution < -0.4 is 17.2 Å². The number of hydrogen-bond donors (Lipinski definition) is 4. The quantitative estimate of drug-likeness (QED) is 0.311. The normalized spacial score (nSPS) is 13.3. The predicted molar refractivity (Wildman–Crippen MR) is 74.0 cm³/mol. The summed E-state index contributed by atoms with van der Waals surface area (Å²) in [6.07, 6.45) is 2.59. The molecule has 0 aromatic carbocycles. The van der Waals surface area contributed by atoms with Crippen LogP contribution in [0.2, 0.25) is 0 Å². The number of nitrogens with zero attached hydrogens (tertiary/aromatic N) is 1. The molecule has 0 saturated heterocycles. The van der Waals surface area contributed by atoms with Gasteiger partial charge < -0.3 is 22.6 Å². The zero-order valence-corrected chi connectivity index (χ0v) is 10.7. The molecular weight excluding hydrogens is 230 g/mol. The van der Waals surface area contributed by atoms with Gasteiger partial charge in [-0.15, -0.1) is 0 Å². The van der Waals surface area contributed by atoms with E-state index in [0.717, 1.165) is 0 Å². The van der Waals surface area contributed by atoms with Crippen LogP contribution in [0, 0.1) is 5.41 Å². The van der Waals surface area contributed by atoms with Crippen LogP contribution in [0.3, 0.4) is 0 Å². The number of ketones is 1. The van der Waals surface area contributed by atoms with Gasteiger partial charge in [-0.3, -0.25) is 4.79 Å². The number of nitrogens with one attached hydrogen (secondary N) is 1. The fourth-order valence-corrected chi connectivity index (χ4v) is 1.36. The molecule has 7 N–H and O–H groups in total. The van der Waals surface area contributed by atoms with E-state index in [1.54, 1.807) is 6.92 Å². The lowest BCUT2D eigenvalue weighted by atomic mass is 10.0. The minimum atomic E-state index is -0.305. The highest BCUT2D eigenvalue weighted by atomic mass is 16.1. The first-order valence-electron chi connectivity index (χ1n) is 5.24. The fourth-order valence-electron chi connectivity index (χ4n) is 1.36. The maximum atomic E-state index is 11.9. The Hall–Kier alpha value is -2.37. The summed E-state index contributed by atoms with van der Waals surface area (Å²) in [4.78, 5) is 15.8. The van der Waals surface area contributed by atoms with Crippen molar-refractivity contribution < 1.29 is 4.79 Å². The van der Waals surface area contributed by atoms with E-state index in [1.807, 2.05) is 0 Å². The van der Waals surface area contributed by atoms with Gasteiger partial charge >= 0.3 is 0 Å². The van der Waals surface area contributed by atoms with Crippen LogP contribution >= 0.6 is 0 Å². The molecule has 0 unspecified atom stereocenters. The summed E-state index contributed by atoms with van der Waals surface area (Å²) in [5.74, 6) is -0.141. The number of aliphatic imine (C=N–C) groups is 1. The maximum Gasteiger partial charge on any atom is 0.172 e. The first-order chi connectivity index (χ1) is 8.29. The van der Waals surface area contributed by atoms with E-state index < -0.39 is 0 Å². The summed E-state index contributed by atoms with van der Waals surface area (Å²) in [5.41, 5.74) is 17.1. The number of Topliss-reactive ketones (excluding diaryl/α,β-unsaturated/α-hetero) is 1. The van der Waals surface area contributed by atoms with Crippen LogP contribution in [-0.4, -0.2) is 17.3 Å². The van der Waals surface area contributed by atoms with Gasteiger partial charge in [0.2, 0.25) is 0 Å². The number of rotatable bonds is 6. The number of hydrogen-bond acceptors (Lipinski definition) is 5. The molecule has 0 amide bonds. The highest BCUT2D eigenvalue weighted by Crippen LogP contribution is 2.11. The van der Waals surface area contributed by atoms with E-state index in [1.165, 1.54) is 19.2 Å². The van der Waals surface area contributed by atoms with Crippen molar-refractivity contribution in [3.05, 3.63) is 35.8 Å². The zero-order valence-electron chi connectivity index (χ0n) is 10.7. The maximum absolute atomic E-state index is 11.9. The topological polar surface area (TPSA) is 131 Å². The van der Waals surface area contributed by atoms with Crippen molar-refractivity contribution in [3.8, 4) is 0 Å². The summed E-state index contributed by atoms with van der Waals surface area (Å²) in [5, 5.41) is 7.49. The van der Waals surface area contributed by atoms with E-state index in [9.17, 15) is 4.79 Å². The highest BCUT2D eigenvalue weighted by Gasteiger charge is 2.15. The van der Waals surface area contributed by atoms with E-state index >= 15 is 0 Å². The van der Waals surface area contributed by atoms with E-state index in [0.29, 0.717) is 5.70 Å². The Balaban J connectivity index is 4.88. The number of nitrogens with two attached hydrogens (primary N) is 3. The Bertz CT molecular complexity index is 453. The van der Waals surface area contributed by atoms with Crippen molar-refractivity contribution in [1.82, 2.24) is 0 Å². The van der Waals surface area contributed by atoms with E-state index in [-0.39, 0.29) is 35.0 Å². The summed E-state index contributed by atoms with van der Waals surface area (Å²) in [7, 11) is 0. The smallest absolute Gasteiger partial charge is 0.172 e. The molecule has 0 radical (unpaired) electrons. The molecule has 0 atom stereocenters. The average molecular weight is 249 g/mol. The molecule has 0 aliphatic carbocycles. The van der Waals surface area contributed by atoms with Gasteiger partial charge in [-0.2, -0.15) is 0 Å². The first-order valence-corrected chi connectivity index (χ1v) is 5.24.